The van der Waals surface area contributed by atoms with E-state index >= 15 is 0 Å². The van der Waals surface area contributed by atoms with Crippen LogP contribution in [0.4, 0.5) is 16.2 Å². The fourth-order valence-corrected chi connectivity index (χ4v) is 2.40. The van der Waals surface area contributed by atoms with E-state index in [2.05, 4.69) is 10.6 Å². The van der Waals surface area contributed by atoms with Crippen LogP contribution < -0.4 is 10.6 Å². The Morgan fingerprint density at radius 2 is 1.83 bits per heavy atom. The molecule has 5 nitrogen and oxygen atoms in total. The van der Waals surface area contributed by atoms with E-state index in [1.807, 2.05) is 31.2 Å². The van der Waals surface area contributed by atoms with E-state index in [-0.39, 0.29) is 18.5 Å². The van der Waals surface area contributed by atoms with Crippen molar-refractivity contribution in [2.24, 2.45) is 0 Å². The molecule has 0 fully saturated rings. The maximum absolute atomic E-state index is 12.1. The second-order valence-corrected chi connectivity index (χ2v) is 5.79. The molecule has 0 heterocycles. The van der Waals surface area contributed by atoms with Crippen LogP contribution >= 0.6 is 11.6 Å². The van der Waals surface area contributed by atoms with Crippen LogP contribution in [0, 0.1) is 0 Å². The number of likely N-dealkylation sites (N-methyl/N-ethyl adjacent to an activating group) is 1. The fraction of sp³-hybridized carbons (Fsp3) is 0.222. The molecule has 2 aromatic rings. The molecule has 0 saturated heterocycles. The number of halogens is 1. The molecule has 0 aliphatic heterocycles. The summed E-state index contributed by atoms with van der Waals surface area (Å²) in [5, 5.41) is 6.07. The first-order valence-corrected chi connectivity index (χ1v) is 8.03. The van der Waals surface area contributed by atoms with Gasteiger partial charge in [-0.1, -0.05) is 42.8 Å². The molecule has 2 N–H and O–H groups in total. The fourth-order valence-electron chi connectivity index (χ4n) is 2.21. The van der Waals surface area contributed by atoms with E-state index in [0.717, 1.165) is 17.7 Å². The molecule has 3 amide bonds. The zero-order valence-corrected chi connectivity index (χ0v) is 14.4. The van der Waals surface area contributed by atoms with Gasteiger partial charge in [0.05, 0.1) is 0 Å². The van der Waals surface area contributed by atoms with Crippen LogP contribution in [-0.4, -0.2) is 30.4 Å². The van der Waals surface area contributed by atoms with Crippen molar-refractivity contribution in [3.63, 3.8) is 0 Å². The highest BCUT2D eigenvalue weighted by atomic mass is 35.5. The predicted molar refractivity (Wildman–Crippen MR) is 97.6 cm³/mol. The second kappa shape index (κ2) is 8.36. The summed E-state index contributed by atoms with van der Waals surface area (Å²) in [5.41, 5.74) is 2.40. The van der Waals surface area contributed by atoms with Crippen molar-refractivity contribution >= 4 is 34.9 Å². The first-order chi connectivity index (χ1) is 11.5. The summed E-state index contributed by atoms with van der Waals surface area (Å²) in [4.78, 5) is 25.6. The molecule has 0 aliphatic carbocycles. The number of urea groups is 1. The normalized spacial score (nSPS) is 10.1. The highest BCUT2D eigenvalue weighted by Gasteiger charge is 2.14. The highest BCUT2D eigenvalue weighted by molar-refractivity contribution is 6.30. The van der Waals surface area contributed by atoms with Crippen LogP contribution in [0.3, 0.4) is 0 Å². The third kappa shape index (κ3) is 4.99. The number of carbonyl (C=O) groups excluding carboxylic acids is 2. The molecular formula is C18H20ClN3O2. The van der Waals surface area contributed by atoms with Gasteiger partial charge in [-0.15, -0.1) is 0 Å². The number of amides is 3. The van der Waals surface area contributed by atoms with Crippen molar-refractivity contribution in [2.45, 2.75) is 13.3 Å². The Morgan fingerprint density at radius 1 is 1.08 bits per heavy atom. The smallest absolute Gasteiger partial charge is 0.322 e. The largest absolute Gasteiger partial charge is 0.324 e. The summed E-state index contributed by atoms with van der Waals surface area (Å²) < 4.78 is 0. The summed E-state index contributed by atoms with van der Waals surface area (Å²) in [7, 11) is 1.56. The summed E-state index contributed by atoms with van der Waals surface area (Å²) in [6.07, 6.45) is 0.821. The van der Waals surface area contributed by atoms with Gasteiger partial charge >= 0.3 is 6.03 Å². The van der Waals surface area contributed by atoms with Crippen LogP contribution in [0.15, 0.2) is 48.5 Å². The number of nitrogens with one attached hydrogen (secondary N) is 2. The number of carbonyl (C=O) groups is 2. The van der Waals surface area contributed by atoms with Crippen LogP contribution in [-0.2, 0) is 11.2 Å². The molecule has 6 heteroatoms. The lowest BCUT2D eigenvalue weighted by atomic mass is 10.1. The zero-order valence-electron chi connectivity index (χ0n) is 13.7. The van der Waals surface area contributed by atoms with Gasteiger partial charge < -0.3 is 15.5 Å². The van der Waals surface area contributed by atoms with Gasteiger partial charge in [0.25, 0.3) is 0 Å². The lowest BCUT2D eigenvalue weighted by Crippen LogP contribution is -2.37. The minimum absolute atomic E-state index is 0.0511. The average Bonchev–Trinajstić information content (AvgIpc) is 2.55. The second-order valence-electron chi connectivity index (χ2n) is 5.36. The van der Waals surface area contributed by atoms with E-state index in [1.165, 1.54) is 4.90 Å². The summed E-state index contributed by atoms with van der Waals surface area (Å²) in [5.74, 6) is -0.250. The monoisotopic (exact) mass is 345 g/mol. The van der Waals surface area contributed by atoms with Crippen LogP contribution in [0.25, 0.3) is 0 Å². The predicted octanol–water partition coefficient (Wildman–Crippen LogP) is 4.00. The number of hydrogen-bond donors (Lipinski definition) is 2. The molecule has 0 unspecified atom stereocenters. The molecule has 0 saturated carbocycles. The molecule has 0 aliphatic rings. The molecule has 24 heavy (non-hydrogen) atoms. The third-order valence-electron chi connectivity index (χ3n) is 3.48. The molecule has 2 rings (SSSR count). The third-order valence-corrected chi connectivity index (χ3v) is 3.71. The van der Waals surface area contributed by atoms with Crippen molar-refractivity contribution in [3.05, 3.63) is 59.1 Å². The van der Waals surface area contributed by atoms with Gasteiger partial charge in [-0.05, 0) is 36.2 Å². The molecular weight excluding hydrogens is 326 g/mol. The van der Waals surface area contributed by atoms with Gasteiger partial charge in [0.15, 0.2) is 0 Å². The number of para-hydroxylation sites is 1. The Balaban J connectivity index is 1.92. The van der Waals surface area contributed by atoms with E-state index in [9.17, 15) is 9.59 Å². The van der Waals surface area contributed by atoms with Gasteiger partial charge in [-0.25, -0.2) is 4.79 Å². The molecule has 0 bridgehead atoms. The quantitative estimate of drug-likeness (QED) is 0.860. The van der Waals surface area contributed by atoms with Gasteiger partial charge in [0, 0.05) is 23.4 Å². The summed E-state index contributed by atoms with van der Waals surface area (Å²) >= 11 is 5.88. The van der Waals surface area contributed by atoms with Crippen molar-refractivity contribution in [1.82, 2.24) is 4.90 Å². The van der Waals surface area contributed by atoms with Crippen molar-refractivity contribution in [1.29, 1.82) is 0 Å². The van der Waals surface area contributed by atoms with E-state index < -0.39 is 0 Å². The molecule has 126 valence electrons. The molecule has 2 aromatic carbocycles. The first kappa shape index (κ1) is 17.8. The van der Waals surface area contributed by atoms with Crippen molar-refractivity contribution in [3.8, 4) is 0 Å². The SMILES string of the molecule is CCc1ccccc1NC(=O)CN(C)C(=O)Nc1cccc(Cl)c1. The molecule has 0 aromatic heterocycles. The first-order valence-electron chi connectivity index (χ1n) is 7.65. The molecule has 0 atom stereocenters. The Morgan fingerprint density at radius 3 is 2.54 bits per heavy atom. The average molecular weight is 346 g/mol. The Kier molecular flexibility index (Phi) is 6.21. The minimum Gasteiger partial charge on any atom is -0.324 e. The summed E-state index contributed by atoms with van der Waals surface area (Å²) in [6, 6.07) is 14.1. The minimum atomic E-state index is -0.379. The number of hydrogen-bond acceptors (Lipinski definition) is 2. The number of benzene rings is 2. The lowest BCUT2D eigenvalue weighted by Gasteiger charge is -2.18. The molecule has 0 spiro atoms. The maximum Gasteiger partial charge on any atom is 0.322 e. The van der Waals surface area contributed by atoms with Gasteiger partial charge in [-0.3, -0.25) is 4.79 Å². The zero-order chi connectivity index (χ0) is 17.5. The lowest BCUT2D eigenvalue weighted by molar-refractivity contribution is -0.116. The number of nitrogens with zero attached hydrogens (tertiary/aromatic N) is 1. The highest BCUT2D eigenvalue weighted by Crippen LogP contribution is 2.16. The topological polar surface area (TPSA) is 61.4 Å². The van der Waals surface area contributed by atoms with E-state index in [4.69, 9.17) is 11.6 Å². The Bertz CT molecular complexity index is 734. The maximum atomic E-state index is 12.1. The van der Waals surface area contributed by atoms with Crippen LogP contribution in [0.5, 0.6) is 0 Å². The van der Waals surface area contributed by atoms with Crippen molar-refractivity contribution < 1.29 is 9.59 Å². The Hall–Kier alpha value is -2.53. The van der Waals surface area contributed by atoms with Crippen LogP contribution in [0.1, 0.15) is 12.5 Å². The number of anilines is 2. The number of aryl methyl sites for hydroxylation is 1. The summed E-state index contributed by atoms with van der Waals surface area (Å²) in [6.45, 7) is 1.97. The van der Waals surface area contributed by atoms with Gasteiger partial charge in [-0.2, -0.15) is 0 Å². The molecule has 0 radical (unpaired) electrons. The standard InChI is InChI=1S/C18H20ClN3O2/c1-3-13-7-4-5-10-16(13)21-17(23)12-22(2)18(24)20-15-9-6-8-14(19)11-15/h4-11H,3,12H2,1-2H3,(H,20,24)(H,21,23). The Labute approximate surface area is 146 Å². The van der Waals surface area contributed by atoms with E-state index in [0.29, 0.717) is 10.7 Å². The van der Waals surface area contributed by atoms with Gasteiger partial charge in [0.2, 0.25) is 5.91 Å². The van der Waals surface area contributed by atoms with E-state index in [1.54, 1.807) is 31.3 Å². The van der Waals surface area contributed by atoms with Crippen LogP contribution in [0.2, 0.25) is 5.02 Å². The van der Waals surface area contributed by atoms with Gasteiger partial charge in [0.1, 0.15) is 6.54 Å². The number of rotatable bonds is 5. The van der Waals surface area contributed by atoms with Crippen molar-refractivity contribution in [2.75, 3.05) is 24.2 Å².